The van der Waals surface area contributed by atoms with Gasteiger partial charge in [-0.3, -0.25) is 4.98 Å². The van der Waals surface area contributed by atoms with E-state index in [1.807, 2.05) is 0 Å². The van der Waals surface area contributed by atoms with E-state index in [1.54, 1.807) is 25.5 Å². The first kappa shape index (κ1) is 10.3. The van der Waals surface area contributed by atoms with Crippen molar-refractivity contribution in [2.45, 2.75) is 6.92 Å². The van der Waals surface area contributed by atoms with Gasteiger partial charge in [0.2, 0.25) is 0 Å². The van der Waals surface area contributed by atoms with Crippen molar-refractivity contribution in [2.24, 2.45) is 0 Å². The Balaban J connectivity index is 2.56. The zero-order chi connectivity index (χ0) is 10.8. The van der Waals surface area contributed by atoms with Crippen LogP contribution in [0.15, 0.2) is 18.6 Å². The minimum Gasteiger partial charge on any atom is -0.261 e. The number of halogens is 2. The van der Waals surface area contributed by atoms with Crippen molar-refractivity contribution in [3.63, 3.8) is 0 Å². The summed E-state index contributed by atoms with van der Waals surface area (Å²) in [5, 5.41) is 0.659. The molecule has 0 spiro atoms. The lowest BCUT2D eigenvalue weighted by atomic mass is 10.3. The molecule has 0 saturated carbocycles. The lowest BCUT2D eigenvalue weighted by Gasteiger charge is -2.02. The summed E-state index contributed by atoms with van der Waals surface area (Å²) >= 11 is 11.8. The van der Waals surface area contributed by atoms with Crippen LogP contribution in [0.1, 0.15) is 5.56 Å². The van der Waals surface area contributed by atoms with Crippen molar-refractivity contribution in [1.29, 1.82) is 0 Å². The smallest absolute Gasteiger partial charge is 0.182 e. The van der Waals surface area contributed by atoms with Gasteiger partial charge in [0.25, 0.3) is 0 Å². The lowest BCUT2D eigenvalue weighted by Crippen LogP contribution is -1.95. The molecular weight excluding hydrogens is 235 g/mol. The van der Waals surface area contributed by atoms with E-state index in [9.17, 15) is 0 Å². The third-order valence-corrected chi connectivity index (χ3v) is 2.56. The first-order valence-electron chi connectivity index (χ1n) is 4.14. The molecule has 0 bridgehead atoms. The van der Waals surface area contributed by atoms with Crippen LogP contribution in [-0.2, 0) is 0 Å². The highest BCUT2D eigenvalue weighted by Crippen LogP contribution is 2.22. The van der Waals surface area contributed by atoms with Crippen LogP contribution in [0.2, 0.25) is 10.3 Å². The summed E-state index contributed by atoms with van der Waals surface area (Å²) < 4.78 is 0. The van der Waals surface area contributed by atoms with Gasteiger partial charge < -0.3 is 0 Å². The Labute approximate surface area is 96.3 Å². The van der Waals surface area contributed by atoms with Crippen molar-refractivity contribution in [3.8, 4) is 11.5 Å². The topological polar surface area (TPSA) is 51.6 Å². The summed E-state index contributed by atoms with van der Waals surface area (Å²) in [5.74, 6) is 0.378. The minimum absolute atomic E-state index is 0.329. The summed E-state index contributed by atoms with van der Waals surface area (Å²) in [4.78, 5) is 16.1. The molecule has 0 amide bonds. The molecule has 0 aliphatic heterocycles. The third-order valence-electron chi connectivity index (χ3n) is 1.82. The van der Waals surface area contributed by atoms with E-state index in [4.69, 9.17) is 23.2 Å². The molecule has 0 aromatic carbocycles. The summed E-state index contributed by atoms with van der Waals surface area (Å²) in [6, 6.07) is 0. The van der Waals surface area contributed by atoms with E-state index in [2.05, 4.69) is 19.9 Å². The van der Waals surface area contributed by atoms with E-state index in [0.717, 1.165) is 0 Å². The zero-order valence-electron chi connectivity index (χ0n) is 7.78. The van der Waals surface area contributed by atoms with Crippen molar-refractivity contribution in [2.75, 3.05) is 0 Å². The third kappa shape index (κ3) is 2.06. The molecule has 2 aromatic heterocycles. The molecule has 0 aliphatic carbocycles. The van der Waals surface area contributed by atoms with Crippen LogP contribution in [0.25, 0.3) is 11.5 Å². The van der Waals surface area contributed by atoms with E-state index in [0.29, 0.717) is 27.4 Å². The largest absolute Gasteiger partial charge is 0.261 e. The normalized spacial score (nSPS) is 10.3. The number of nitrogens with zero attached hydrogens (tertiary/aromatic N) is 4. The van der Waals surface area contributed by atoms with Crippen LogP contribution in [0, 0.1) is 6.92 Å². The fraction of sp³-hybridized carbons (Fsp3) is 0.111. The van der Waals surface area contributed by atoms with Crippen molar-refractivity contribution in [1.82, 2.24) is 19.9 Å². The van der Waals surface area contributed by atoms with Crippen LogP contribution in [0.4, 0.5) is 0 Å². The first-order chi connectivity index (χ1) is 7.18. The Bertz CT molecular complexity index is 464. The van der Waals surface area contributed by atoms with Crippen molar-refractivity contribution in [3.05, 3.63) is 34.5 Å². The Kier molecular flexibility index (Phi) is 2.79. The molecule has 0 fully saturated rings. The molecule has 2 heterocycles. The predicted molar refractivity (Wildman–Crippen MR) is 57.8 cm³/mol. The maximum Gasteiger partial charge on any atom is 0.182 e. The maximum absolute atomic E-state index is 5.89. The van der Waals surface area contributed by atoms with Gasteiger partial charge in [0, 0.05) is 18.0 Å². The molecule has 2 aromatic rings. The average Bonchev–Trinajstić information content (AvgIpc) is 2.26. The monoisotopic (exact) mass is 240 g/mol. The zero-order valence-corrected chi connectivity index (χ0v) is 9.29. The summed E-state index contributed by atoms with van der Waals surface area (Å²) in [7, 11) is 0. The highest BCUT2D eigenvalue weighted by molar-refractivity contribution is 6.34. The van der Waals surface area contributed by atoms with Gasteiger partial charge in [-0.05, 0) is 6.92 Å². The van der Waals surface area contributed by atoms with Crippen LogP contribution >= 0.6 is 23.2 Å². The van der Waals surface area contributed by atoms with Crippen molar-refractivity contribution >= 4 is 23.2 Å². The number of aromatic nitrogens is 4. The van der Waals surface area contributed by atoms with Gasteiger partial charge in [0.1, 0.15) is 16.0 Å². The quantitative estimate of drug-likeness (QED) is 0.720. The van der Waals surface area contributed by atoms with Gasteiger partial charge in [-0.2, -0.15) is 0 Å². The Morgan fingerprint density at radius 1 is 1.07 bits per heavy atom. The van der Waals surface area contributed by atoms with Gasteiger partial charge in [0.15, 0.2) is 5.82 Å². The highest BCUT2D eigenvalue weighted by atomic mass is 35.5. The van der Waals surface area contributed by atoms with Crippen LogP contribution in [0.5, 0.6) is 0 Å². The van der Waals surface area contributed by atoms with Gasteiger partial charge in [0.05, 0.1) is 6.20 Å². The summed E-state index contributed by atoms with van der Waals surface area (Å²) in [6.07, 6.45) is 4.68. The number of hydrogen-bond donors (Lipinski definition) is 0. The van der Waals surface area contributed by atoms with E-state index >= 15 is 0 Å². The molecule has 0 aliphatic rings. The second kappa shape index (κ2) is 4.08. The fourth-order valence-corrected chi connectivity index (χ4v) is 1.38. The summed E-state index contributed by atoms with van der Waals surface area (Å²) in [5.41, 5.74) is 1.20. The molecule has 0 atom stereocenters. The average molecular weight is 241 g/mol. The van der Waals surface area contributed by atoms with E-state index in [1.165, 1.54) is 0 Å². The molecule has 2 rings (SSSR count). The molecule has 0 radical (unpaired) electrons. The van der Waals surface area contributed by atoms with Gasteiger partial charge >= 0.3 is 0 Å². The standard InChI is InChI=1S/C9H6Cl2N4/c1-5-7(10)14-9(15-8(5)11)6-4-12-2-3-13-6/h2-4H,1H3. The molecule has 0 saturated heterocycles. The van der Waals surface area contributed by atoms with E-state index < -0.39 is 0 Å². The second-order valence-electron chi connectivity index (χ2n) is 2.84. The lowest BCUT2D eigenvalue weighted by molar-refractivity contribution is 1.09. The van der Waals surface area contributed by atoms with Gasteiger partial charge in [-0.1, -0.05) is 23.2 Å². The van der Waals surface area contributed by atoms with Gasteiger partial charge in [-0.25, -0.2) is 15.0 Å². The summed E-state index contributed by atoms with van der Waals surface area (Å²) in [6.45, 7) is 1.76. The molecule has 15 heavy (non-hydrogen) atoms. The molecule has 0 N–H and O–H groups in total. The van der Waals surface area contributed by atoms with Gasteiger partial charge in [-0.15, -0.1) is 0 Å². The van der Waals surface area contributed by atoms with Crippen LogP contribution in [-0.4, -0.2) is 19.9 Å². The molecule has 6 heteroatoms. The number of rotatable bonds is 1. The first-order valence-corrected chi connectivity index (χ1v) is 4.90. The molecule has 76 valence electrons. The second-order valence-corrected chi connectivity index (χ2v) is 3.56. The highest BCUT2D eigenvalue weighted by Gasteiger charge is 2.09. The fourth-order valence-electron chi connectivity index (χ4n) is 0.993. The molecular formula is C9H6Cl2N4. The Hall–Kier alpha value is -1.26. The predicted octanol–water partition coefficient (Wildman–Crippen LogP) is 2.55. The minimum atomic E-state index is 0.329. The van der Waals surface area contributed by atoms with E-state index in [-0.39, 0.29) is 0 Å². The van der Waals surface area contributed by atoms with Crippen LogP contribution in [0.3, 0.4) is 0 Å². The Morgan fingerprint density at radius 2 is 1.73 bits per heavy atom. The number of hydrogen-bond acceptors (Lipinski definition) is 4. The molecule has 0 unspecified atom stereocenters. The molecule has 4 nitrogen and oxygen atoms in total. The SMILES string of the molecule is Cc1c(Cl)nc(-c2cnccn2)nc1Cl. The Morgan fingerprint density at radius 3 is 2.27 bits per heavy atom. The van der Waals surface area contributed by atoms with Crippen molar-refractivity contribution < 1.29 is 0 Å². The van der Waals surface area contributed by atoms with Crippen LogP contribution < -0.4 is 0 Å². The maximum atomic E-state index is 5.89.